The maximum absolute atomic E-state index is 11.5. The lowest BCUT2D eigenvalue weighted by atomic mass is 10.3. The van der Waals surface area contributed by atoms with Crippen molar-refractivity contribution < 1.29 is 12.8 Å². The maximum Gasteiger partial charge on any atom is 0.296 e. The van der Waals surface area contributed by atoms with Gasteiger partial charge in [0.15, 0.2) is 11.7 Å². The first-order valence-corrected chi connectivity index (χ1v) is 7.86. The quantitative estimate of drug-likeness (QED) is 0.806. The van der Waals surface area contributed by atoms with Gasteiger partial charge in [0.2, 0.25) is 5.82 Å². The number of hydrogen-bond acceptors (Lipinski definition) is 6. The molecule has 0 saturated heterocycles. The fourth-order valence-electron chi connectivity index (χ4n) is 1.80. The van der Waals surface area contributed by atoms with Crippen LogP contribution in [0.4, 0.5) is 0 Å². The Kier molecular flexibility index (Phi) is 3.40. The fraction of sp³-hybridized carbons (Fsp3) is 0.500. The van der Waals surface area contributed by atoms with Gasteiger partial charge in [0.05, 0.1) is 5.69 Å². The molecule has 0 atom stereocenters. The van der Waals surface area contributed by atoms with Gasteiger partial charge in [-0.1, -0.05) is 0 Å². The highest BCUT2D eigenvalue weighted by Gasteiger charge is 2.27. The normalized spacial score (nSPS) is 12.3. The minimum atomic E-state index is -3.97. The minimum Gasteiger partial charge on any atom is -0.437 e. The van der Waals surface area contributed by atoms with E-state index in [2.05, 4.69) is 15.2 Å². The molecule has 0 amide bonds. The average Bonchev–Trinajstić information content (AvgIpc) is 2.80. The molecule has 0 saturated carbocycles. The molecule has 0 aromatic carbocycles. The van der Waals surface area contributed by atoms with Crippen LogP contribution < -0.4 is 0 Å². The van der Waals surface area contributed by atoms with E-state index in [1.54, 1.807) is 27.7 Å². The predicted octanol–water partition coefficient (Wildman–Crippen LogP) is 2.06. The second kappa shape index (κ2) is 4.61. The van der Waals surface area contributed by atoms with Gasteiger partial charge in [-0.05, 0) is 20.8 Å². The molecule has 0 aliphatic heterocycles. The van der Waals surface area contributed by atoms with E-state index in [0.717, 1.165) is 0 Å². The highest BCUT2D eigenvalue weighted by molar-refractivity contribution is 8.13. The molecule has 2 aromatic heterocycles. The summed E-state index contributed by atoms with van der Waals surface area (Å²) < 4.78 is 29.8. The molecule has 0 radical (unpaired) electrons. The first kappa shape index (κ1) is 14.0. The zero-order chi connectivity index (χ0) is 14.4. The molecular formula is C10H13ClN4O3S. The van der Waals surface area contributed by atoms with E-state index in [1.165, 1.54) is 4.57 Å². The molecule has 0 bridgehead atoms. The molecule has 104 valence electrons. The standard InChI is InChI=1S/C10H13ClN4O3S/c1-5(2)15-9(8-6(3)12-7(4)18-8)13-14-10(15)19(11,16)17/h5H,1-4H3. The van der Waals surface area contributed by atoms with Gasteiger partial charge in [0.1, 0.15) is 0 Å². The van der Waals surface area contributed by atoms with Crippen molar-refractivity contribution in [1.82, 2.24) is 19.7 Å². The van der Waals surface area contributed by atoms with Crippen LogP contribution in [0.5, 0.6) is 0 Å². The Morgan fingerprint density at radius 3 is 2.32 bits per heavy atom. The molecule has 19 heavy (non-hydrogen) atoms. The fourth-order valence-corrected chi connectivity index (χ4v) is 2.79. The molecule has 2 rings (SSSR count). The molecule has 2 aromatic rings. The lowest BCUT2D eigenvalue weighted by Gasteiger charge is -2.11. The topological polar surface area (TPSA) is 90.9 Å². The summed E-state index contributed by atoms with van der Waals surface area (Å²) in [4.78, 5) is 4.13. The van der Waals surface area contributed by atoms with Crippen LogP contribution in [0.3, 0.4) is 0 Å². The van der Waals surface area contributed by atoms with Crippen molar-refractivity contribution in [3.63, 3.8) is 0 Å². The largest absolute Gasteiger partial charge is 0.437 e. The van der Waals surface area contributed by atoms with Gasteiger partial charge in [-0.15, -0.1) is 10.2 Å². The molecule has 0 spiro atoms. The highest BCUT2D eigenvalue weighted by Crippen LogP contribution is 2.28. The number of nitrogens with zero attached hydrogens (tertiary/aromatic N) is 4. The molecule has 0 N–H and O–H groups in total. The third-order valence-corrected chi connectivity index (χ3v) is 3.63. The van der Waals surface area contributed by atoms with Gasteiger partial charge in [0.25, 0.3) is 14.2 Å². The Labute approximate surface area is 115 Å². The summed E-state index contributed by atoms with van der Waals surface area (Å²) in [5.74, 6) is 1.17. The van der Waals surface area contributed by atoms with Crippen molar-refractivity contribution >= 4 is 19.7 Å². The van der Waals surface area contributed by atoms with Crippen molar-refractivity contribution in [1.29, 1.82) is 0 Å². The van der Waals surface area contributed by atoms with Crippen molar-refractivity contribution in [2.45, 2.75) is 38.9 Å². The van der Waals surface area contributed by atoms with Crippen LogP contribution in [0, 0.1) is 13.8 Å². The zero-order valence-electron chi connectivity index (χ0n) is 10.9. The Bertz CT molecular complexity index is 717. The van der Waals surface area contributed by atoms with Gasteiger partial charge in [-0.3, -0.25) is 4.57 Å². The van der Waals surface area contributed by atoms with Crippen LogP contribution in [0.25, 0.3) is 11.6 Å². The number of halogens is 1. The van der Waals surface area contributed by atoms with E-state index in [0.29, 0.717) is 23.2 Å². The Morgan fingerprint density at radius 1 is 1.26 bits per heavy atom. The summed E-state index contributed by atoms with van der Waals surface area (Å²) >= 11 is 0. The van der Waals surface area contributed by atoms with Crippen LogP contribution in [0.15, 0.2) is 9.57 Å². The monoisotopic (exact) mass is 304 g/mol. The molecular weight excluding hydrogens is 292 g/mol. The van der Waals surface area contributed by atoms with Crippen LogP contribution in [0.1, 0.15) is 31.5 Å². The van der Waals surface area contributed by atoms with E-state index < -0.39 is 9.05 Å². The highest BCUT2D eigenvalue weighted by atomic mass is 35.7. The summed E-state index contributed by atoms with van der Waals surface area (Å²) in [6.07, 6.45) is 0. The zero-order valence-corrected chi connectivity index (χ0v) is 12.4. The molecule has 9 heteroatoms. The number of oxazole rings is 1. The van der Waals surface area contributed by atoms with Gasteiger partial charge in [-0.2, -0.15) is 0 Å². The predicted molar refractivity (Wildman–Crippen MR) is 68.4 cm³/mol. The SMILES string of the molecule is Cc1nc(C)c(-c2nnc(S(=O)(=O)Cl)n2C(C)C)o1. The van der Waals surface area contributed by atoms with Crippen LogP contribution in [-0.4, -0.2) is 28.2 Å². The molecule has 7 nitrogen and oxygen atoms in total. The first-order valence-electron chi connectivity index (χ1n) is 5.55. The minimum absolute atomic E-state index is 0.196. The summed E-state index contributed by atoms with van der Waals surface area (Å²) in [6.45, 7) is 7.06. The van der Waals surface area contributed by atoms with E-state index >= 15 is 0 Å². The van der Waals surface area contributed by atoms with E-state index in [1.807, 2.05) is 0 Å². The van der Waals surface area contributed by atoms with E-state index in [9.17, 15) is 8.42 Å². The third-order valence-electron chi connectivity index (χ3n) is 2.51. The summed E-state index contributed by atoms with van der Waals surface area (Å²) in [6, 6.07) is -0.196. The Morgan fingerprint density at radius 2 is 1.89 bits per heavy atom. The summed E-state index contributed by atoms with van der Waals surface area (Å²) in [5, 5.41) is 7.21. The lowest BCUT2D eigenvalue weighted by Crippen LogP contribution is -2.10. The van der Waals surface area contributed by atoms with E-state index in [4.69, 9.17) is 15.1 Å². The van der Waals surface area contributed by atoms with Crippen LogP contribution >= 0.6 is 10.7 Å². The van der Waals surface area contributed by atoms with Crippen molar-refractivity contribution in [3.05, 3.63) is 11.6 Å². The number of aryl methyl sites for hydroxylation is 2. The van der Waals surface area contributed by atoms with Crippen LogP contribution in [0.2, 0.25) is 0 Å². The van der Waals surface area contributed by atoms with Crippen molar-refractivity contribution in [3.8, 4) is 11.6 Å². The summed E-state index contributed by atoms with van der Waals surface area (Å²) in [7, 11) is 1.38. The number of rotatable bonds is 3. The Balaban J connectivity index is 2.73. The maximum atomic E-state index is 11.5. The Hall–Kier alpha value is -1.41. The molecule has 0 fully saturated rings. The van der Waals surface area contributed by atoms with Crippen molar-refractivity contribution in [2.24, 2.45) is 0 Å². The van der Waals surface area contributed by atoms with Crippen LogP contribution in [-0.2, 0) is 9.05 Å². The third kappa shape index (κ3) is 2.50. The first-order chi connectivity index (χ1) is 8.71. The molecule has 2 heterocycles. The second-order valence-electron chi connectivity index (χ2n) is 4.36. The lowest BCUT2D eigenvalue weighted by molar-refractivity contribution is 0.502. The van der Waals surface area contributed by atoms with Gasteiger partial charge in [0, 0.05) is 23.6 Å². The molecule has 0 aliphatic rings. The number of aromatic nitrogens is 4. The van der Waals surface area contributed by atoms with Gasteiger partial charge in [-0.25, -0.2) is 13.4 Å². The molecule has 0 aliphatic carbocycles. The van der Waals surface area contributed by atoms with Crippen molar-refractivity contribution in [2.75, 3.05) is 0 Å². The second-order valence-corrected chi connectivity index (χ2v) is 6.81. The number of hydrogen-bond donors (Lipinski definition) is 0. The molecule has 0 unspecified atom stereocenters. The summed E-state index contributed by atoms with van der Waals surface area (Å²) in [5.41, 5.74) is 0.616. The average molecular weight is 305 g/mol. The van der Waals surface area contributed by atoms with Gasteiger partial charge >= 0.3 is 0 Å². The smallest absolute Gasteiger partial charge is 0.296 e. The van der Waals surface area contributed by atoms with E-state index in [-0.39, 0.29) is 11.2 Å². The van der Waals surface area contributed by atoms with Gasteiger partial charge < -0.3 is 4.42 Å².